The first-order valence-electron chi connectivity index (χ1n) is 5.70. The van der Waals surface area contributed by atoms with Crippen LogP contribution in [0.5, 0.6) is 5.75 Å². The quantitative estimate of drug-likeness (QED) is 0.901. The van der Waals surface area contributed by atoms with Crippen molar-refractivity contribution >= 4 is 11.3 Å². The molecule has 88 valence electrons. The number of fused-ring (bicyclic) bond motifs is 1. The van der Waals surface area contributed by atoms with Crippen LogP contribution in [-0.4, -0.2) is 17.1 Å². The summed E-state index contributed by atoms with van der Waals surface area (Å²) < 4.78 is 5.88. The first kappa shape index (κ1) is 10.7. The molecule has 2 unspecified atom stereocenters. The molecule has 0 saturated heterocycles. The van der Waals surface area contributed by atoms with E-state index in [4.69, 9.17) is 10.5 Å². The van der Waals surface area contributed by atoms with Crippen LogP contribution in [0.25, 0.3) is 0 Å². The molecule has 0 amide bonds. The van der Waals surface area contributed by atoms with Gasteiger partial charge in [0.1, 0.15) is 11.9 Å². The molecule has 1 aliphatic heterocycles. The van der Waals surface area contributed by atoms with Crippen molar-refractivity contribution in [2.45, 2.75) is 25.0 Å². The van der Waals surface area contributed by atoms with E-state index in [9.17, 15) is 0 Å². The zero-order valence-electron chi connectivity index (χ0n) is 9.37. The fraction of sp³-hybridized carbons (Fsp3) is 0.308. The SMILES string of the molecule is NC(Cc1cncs1)C1Cc2ccccc2O1. The molecule has 3 rings (SSSR count). The molecule has 0 bridgehead atoms. The molecule has 1 aliphatic rings. The van der Waals surface area contributed by atoms with E-state index < -0.39 is 0 Å². The van der Waals surface area contributed by atoms with Crippen LogP contribution >= 0.6 is 11.3 Å². The topological polar surface area (TPSA) is 48.1 Å². The van der Waals surface area contributed by atoms with Crippen LogP contribution in [0.15, 0.2) is 36.0 Å². The number of aromatic nitrogens is 1. The Balaban J connectivity index is 1.68. The van der Waals surface area contributed by atoms with Gasteiger partial charge in [-0.2, -0.15) is 0 Å². The summed E-state index contributed by atoms with van der Waals surface area (Å²) in [6, 6.07) is 8.18. The van der Waals surface area contributed by atoms with E-state index in [1.54, 1.807) is 11.3 Å². The summed E-state index contributed by atoms with van der Waals surface area (Å²) in [7, 11) is 0. The summed E-state index contributed by atoms with van der Waals surface area (Å²) in [6.07, 6.45) is 3.72. The largest absolute Gasteiger partial charge is 0.488 e. The molecule has 0 aliphatic carbocycles. The molecular weight excluding hydrogens is 232 g/mol. The van der Waals surface area contributed by atoms with Crippen LogP contribution in [0.3, 0.4) is 0 Å². The molecule has 1 aromatic heterocycles. The Hall–Kier alpha value is -1.39. The lowest BCUT2D eigenvalue weighted by Crippen LogP contribution is -2.39. The zero-order chi connectivity index (χ0) is 11.7. The Morgan fingerprint density at radius 1 is 1.47 bits per heavy atom. The van der Waals surface area contributed by atoms with Crippen molar-refractivity contribution in [2.75, 3.05) is 0 Å². The molecule has 2 aromatic rings. The summed E-state index contributed by atoms with van der Waals surface area (Å²) in [6.45, 7) is 0. The number of nitrogens with two attached hydrogens (primary N) is 1. The third-order valence-corrected chi connectivity index (χ3v) is 3.87. The van der Waals surface area contributed by atoms with Crippen LogP contribution in [0.4, 0.5) is 0 Å². The summed E-state index contributed by atoms with van der Waals surface area (Å²) >= 11 is 1.65. The molecule has 2 N–H and O–H groups in total. The lowest BCUT2D eigenvalue weighted by atomic mass is 10.0. The maximum absolute atomic E-state index is 6.20. The van der Waals surface area contributed by atoms with E-state index in [1.165, 1.54) is 10.4 Å². The monoisotopic (exact) mass is 246 g/mol. The molecule has 1 aromatic carbocycles. The van der Waals surface area contributed by atoms with Crippen molar-refractivity contribution in [1.82, 2.24) is 4.98 Å². The molecular formula is C13H14N2OS. The van der Waals surface area contributed by atoms with Gasteiger partial charge in [0.15, 0.2) is 0 Å². The summed E-state index contributed by atoms with van der Waals surface area (Å²) in [5, 5.41) is 0. The van der Waals surface area contributed by atoms with Gasteiger partial charge in [-0.1, -0.05) is 18.2 Å². The van der Waals surface area contributed by atoms with Crippen molar-refractivity contribution < 1.29 is 4.74 Å². The Bertz CT molecular complexity index is 473. The summed E-state index contributed by atoms with van der Waals surface area (Å²) in [4.78, 5) is 5.28. The lowest BCUT2D eigenvalue weighted by molar-refractivity contribution is 0.198. The number of rotatable bonds is 3. The molecule has 2 heterocycles. The Morgan fingerprint density at radius 3 is 3.12 bits per heavy atom. The first-order valence-corrected chi connectivity index (χ1v) is 6.58. The maximum Gasteiger partial charge on any atom is 0.123 e. The maximum atomic E-state index is 6.20. The molecule has 3 nitrogen and oxygen atoms in total. The van der Waals surface area contributed by atoms with E-state index in [2.05, 4.69) is 11.1 Å². The van der Waals surface area contributed by atoms with Gasteiger partial charge in [0, 0.05) is 30.0 Å². The molecule has 2 atom stereocenters. The van der Waals surface area contributed by atoms with E-state index in [1.807, 2.05) is 29.9 Å². The average molecular weight is 246 g/mol. The Labute approximate surface area is 104 Å². The van der Waals surface area contributed by atoms with Crippen molar-refractivity contribution in [3.05, 3.63) is 46.4 Å². The van der Waals surface area contributed by atoms with E-state index in [0.29, 0.717) is 0 Å². The van der Waals surface area contributed by atoms with Gasteiger partial charge in [-0.25, -0.2) is 0 Å². The van der Waals surface area contributed by atoms with Crippen molar-refractivity contribution in [3.8, 4) is 5.75 Å². The van der Waals surface area contributed by atoms with Crippen molar-refractivity contribution in [3.63, 3.8) is 0 Å². The number of para-hydroxylation sites is 1. The molecule has 0 spiro atoms. The second-order valence-electron chi connectivity index (χ2n) is 4.30. The lowest BCUT2D eigenvalue weighted by Gasteiger charge is -2.18. The van der Waals surface area contributed by atoms with Crippen molar-refractivity contribution in [1.29, 1.82) is 0 Å². The standard InChI is InChI=1S/C13H14N2OS/c14-11(6-10-7-15-8-17-10)13-5-9-3-1-2-4-12(9)16-13/h1-4,7-8,11,13H,5-6,14H2. The predicted octanol–water partition coefficient (Wildman–Crippen LogP) is 2.02. The van der Waals surface area contributed by atoms with Crippen LogP contribution in [-0.2, 0) is 12.8 Å². The third-order valence-electron chi connectivity index (χ3n) is 3.07. The molecule has 0 fully saturated rings. The van der Waals surface area contributed by atoms with Gasteiger partial charge in [-0.15, -0.1) is 11.3 Å². The average Bonchev–Trinajstić information content (AvgIpc) is 2.96. The van der Waals surface area contributed by atoms with Gasteiger partial charge in [-0.3, -0.25) is 4.98 Å². The second kappa shape index (κ2) is 4.47. The molecule has 4 heteroatoms. The number of nitrogens with zero attached hydrogens (tertiary/aromatic N) is 1. The number of ether oxygens (including phenoxy) is 1. The highest BCUT2D eigenvalue weighted by Crippen LogP contribution is 2.29. The van der Waals surface area contributed by atoms with Gasteiger partial charge in [0.25, 0.3) is 0 Å². The zero-order valence-corrected chi connectivity index (χ0v) is 10.2. The van der Waals surface area contributed by atoms with Crippen LogP contribution < -0.4 is 10.5 Å². The summed E-state index contributed by atoms with van der Waals surface area (Å²) in [5.41, 5.74) is 9.30. The molecule has 17 heavy (non-hydrogen) atoms. The van der Waals surface area contributed by atoms with E-state index in [0.717, 1.165) is 18.6 Å². The minimum absolute atomic E-state index is 0.0304. The fourth-order valence-electron chi connectivity index (χ4n) is 2.15. The number of hydrogen-bond donors (Lipinski definition) is 1. The smallest absolute Gasteiger partial charge is 0.123 e. The highest BCUT2D eigenvalue weighted by Gasteiger charge is 2.28. The first-order chi connectivity index (χ1) is 8.33. The Morgan fingerprint density at radius 2 is 2.35 bits per heavy atom. The van der Waals surface area contributed by atoms with Gasteiger partial charge in [-0.05, 0) is 11.6 Å². The minimum Gasteiger partial charge on any atom is -0.488 e. The predicted molar refractivity (Wildman–Crippen MR) is 68.4 cm³/mol. The highest BCUT2D eigenvalue weighted by molar-refractivity contribution is 7.09. The van der Waals surface area contributed by atoms with Crippen molar-refractivity contribution in [2.24, 2.45) is 5.73 Å². The van der Waals surface area contributed by atoms with Crippen LogP contribution in [0.2, 0.25) is 0 Å². The van der Waals surface area contributed by atoms with Crippen LogP contribution in [0.1, 0.15) is 10.4 Å². The highest BCUT2D eigenvalue weighted by atomic mass is 32.1. The minimum atomic E-state index is 0.0304. The molecule has 0 saturated carbocycles. The third kappa shape index (κ3) is 2.18. The number of thiazole rings is 1. The van der Waals surface area contributed by atoms with Gasteiger partial charge in [0.2, 0.25) is 0 Å². The summed E-state index contributed by atoms with van der Waals surface area (Å²) in [5.74, 6) is 0.984. The van der Waals surface area contributed by atoms with E-state index >= 15 is 0 Å². The van der Waals surface area contributed by atoms with Gasteiger partial charge in [0.05, 0.1) is 5.51 Å². The normalized spacial score (nSPS) is 19.7. The molecule has 0 radical (unpaired) electrons. The second-order valence-corrected chi connectivity index (χ2v) is 5.27. The van der Waals surface area contributed by atoms with Gasteiger partial charge >= 0.3 is 0 Å². The Kier molecular flexibility index (Phi) is 2.82. The number of hydrogen-bond acceptors (Lipinski definition) is 4. The fourth-order valence-corrected chi connectivity index (χ4v) is 2.82. The number of benzene rings is 1. The van der Waals surface area contributed by atoms with Gasteiger partial charge < -0.3 is 10.5 Å². The van der Waals surface area contributed by atoms with Crippen LogP contribution in [0, 0.1) is 0 Å². The van der Waals surface area contributed by atoms with E-state index in [-0.39, 0.29) is 12.1 Å².